The first-order valence-electron chi connectivity index (χ1n) is 3.04. The molecule has 68 valence electrons. The van der Waals surface area contributed by atoms with Crippen LogP contribution in [0.4, 0.5) is 0 Å². The SMILES string of the molecule is CC(C)(C)COP(=O)(O)OCl. The molecule has 1 N–H and O–H groups in total. The van der Waals surface area contributed by atoms with Crippen molar-refractivity contribution in [3.63, 3.8) is 0 Å². The highest BCUT2D eigenvalue weighted by Gasteiger charge is 2.23. The number of halogens is 1. The molecule has 1 atom stereocenters. The summed E-state index contributed by atoms with van der Waals surface area (Å²) in [5, 5.41) is 0. The lowest BCUT2D eigenvalue weighted by Crippen LogP contribution is -2.13. The third-order valence-electron chi connectivity index (χ3n) is 0.748. The average molecular weight is 203 g/mol. The highest BCUT2D eigenvalue weighted by atomic mass is 35.5. The molecule has 0 bridgehead atoms. The van der Waals surface area contributed by atoms with Crippen LogP contribution < -0.4 is 0 Å². The lowest BCUT2D eigenvalue weighted by molar-refractivity contribution is 0.146. The predicted molar refractivity (Wildman–Crippen MR) is 42.2 cm³/mol. The van der Waals surface area contributed by atoms with Crippen molar-refractivity contribution in [2.75, 3.05) is 6.61 Å². The van der Waals surface area contributed by atoms with Crippen LogP contribution in [0.1, 0.15) is 20.8 Å². The molecule has 0 amide bonds. The van der Waals surface area contributed by atoms with Crippen LogP contribution in [0, 0.1) is 5.41 Å². The molecule has 0 aliphatic heterocycles. The maximum Gasteiger partial charge on any atom is 0.488 e. The summed E-state index contributed by atoms with van der Waals surface area (Å²) in [4.78, 5) is 8.67. The van der Waals surface area contributed by atoms with Gasteiger partial charge in [-0.05, 0) is 5.41 Å². The third-order valence-corrected chi connectivity index (χ3v) is 1.90. The third kappa shape index (κ3) is 6.78. The molecule has 11 heavy (non-hydrogen) atoms. The highest BCUT2D eigenvalue weighted by Crippen LogP contribution is 2.45. The molecule has 0 aliphatic rings. The van der Waals surface area contributed by atoms with Crippen LogP contribution in [0.5, 0.6) is 0 Å². The van der Waals surface area contributed by atoms with Crippen molar-refractivity contribution < 1.29 is 18.1 Å². The molecule has 1 unspecified atom stereocenters. The van der Waals surface area contributed by atoms with Gasteiger partial charge in [-0.1, -0.05) is 20.8 Å². The van der Waals surface area contributed by atoms with E-state index in [4.69, 9.17) is 4.89 Å². The Morgan fingerprint density at radius 3 is 2.27 bits per heavy atom. The van der Waals surface area contributed by atoms with Gasteiger partial charge in [-0.25, -0.2) is 4.57 Å². The van der Waals surface area contributed by atoms with E-state index in [9.17, 15) is 4.57 Å². The first-order valence-corrected chi connectivity index (χ1v) is 4.85. The minimum Gasteiger partial charge on any atom is -0.302 e. The normalized spacial score (nSPS) is 17.9. The molecule has 0 fully saturated rings. The van der Waals surface area contributed by atoms with Gasteiger partial charge in [-0.2, -0.15) is 4.08 Å². The molecule has 0 heterocycles. The Morgan fingerprint density at radius 1 is 1.55 bits per heavy atom. The molecule has 0 aromatic heterocycles. The summed E-state index contributed by atoms with van der Waals surface area (Å²) in [5.41, 5.74) is -0.187. The van der Waals surface area contributed by atoms with Gasteiger partial charge in [0, 0.05) is 0 Å². The van der Waals surface area contributed by atoms with Crippen molar-refractivity contribution in [2.45, 2.75) is 20.8 Å². The molecule has 0 saturated heterocycles. The van der Waals surface area contributed by atoms with Gasteiger partial charge in [0.2, 0.25) is 0 Å². The molecule has 0 aromatic carbocycles. The summed E-state index contributed by atoms with van der Waals surface area (Å²) in [7, 11) is -4.00. The molecule has 0 saturated carbocycles. The van der Waals surface area contributed by atoms with E-state index in [1.165, 1.54) is 0 Å². The Hall–Kier alpha value is 0.400. The number of hydrogen-bond donors (Lipinski definition) is 1. The maximum atomic E-state index is 10.6. The van der Waals surface area contributed by atoms with Crippen LogP contribution >= 0.6 is 19.7 Å². The Bertz CT molecular complexity index is 164. The first-order chi connectivity index (χ1) is 4.77. The van der Waals surface area contributed by atoms with Crippen LogP contribution in [0.15, 0.2) is 0 Å². The van der Waals surface area contributed by atoms with Gasteiger partial charge in [0.25, 0.3) is 0 Å². The van der Waals surface area contributed by atoms with Crippen LogP contribution in [0.2, 0.25) is 0 Å². The molecule has 0 radical (unpaired) electrons. The molecule has 0 spiro atoms. The topological polar surface area (TPSA) is 55.8 Å². The fourth-order valence-corrected chi connectivity index (χ4v) is 1.00. The van der Waals surface area contributed by atoms with Crippen molar-refractivity contribution >= 4 is 19.7 Å². The summed E-state index contributed by atoms with van der Waals surface area (Å²) in [6, 6.07) is 0. The fourth-order valence-electron chi connectivity index (χ4n) is 0.295. The van der Waals surface area contributed by atoms with Gasteiger partial charge in [-0.3, -0.25) is 4.52 Å². The standard InChI is InChI=1S/C5H12ClO4P/c1-5(2,3)4-9-11(7,8)10-6/h4H2,1-3H3,(H,7,8). The summed E-state index contributed by atoms with van der Waals surface area (Å²) >= 11 is 4.68. The van der Waals surface area contributed by atoms with Gasteiger partial charge in [-0.15, -0.1) is 0 Å². The van der Waals surface area contributed by atoms with E-state index in [-0.39, 0.29) is 12.0 Å². The van der Waals surface area contributed by atoms with Crippen LogP contribution in [-0.2, 0) is 13.2 Å². The monoisotopic (exact) mass is 202 g/mol. The van der Waals surface area contributed by atoms with E-state index < -0.39 is 7.82 Å². The van der Waals surface area contributed by atoms with E-state index in [0.29, 0.717) is 0 Å². The lowest BCUT2D eigenvalue weighted by Gasteiger charge is -2.18. The highest BCUT2D eigenvalue weighted by molar-refractivity contribution is 7.48. The molecule has 0 aliphatic carbocycles. The van der Waals surface area contributed by atoms with E-state index in [2.05, 4.69) is 20.5 Å². The van der Waals surface area contributed by atoms with E-state index in [0.717, 1.165) is 0 Å². The molecule has 4 nitrogen and oxygen atoms in total. The predicted octanol–water partition coefficient (Wildman–Crippen LogP) is 2.32. The molecule has 0 rings (SSSR count). The number of phosphoric ester groups is 1. The van der Waals surface area contributed by atoms with Gasteiger partial charge < -0.3 is 4.89 Å². The Balaban J connectivity index is 3.80. The number of rotatable bonds is 3. The van der Waals surface area contributed by atoms with Gasteiger partial charge in [0.05, 0.1) is 18.5 Å². The molecule has 0 aromatic rings. The van der Waals surface area contributed by atoms with Crippen molar-refractivity contribution in [2.24, 2.45) is 5.41 Å². The number of hydrogen-bond acceptors (Lipinski definition) is 3. The van der Waals surface area contributed by atoms with Crippen molar-refractivity contribution in [1.82, 2.24) is 0 Å². The average Bonchev–Trinajstić information content (AvgIpc) is 1.83. The van der Waals surface area contributed by atoms with Gasteiger partial charge >= 0.3 is 7.82 Å². The summed E-state index contributed by atoms with van der Waals surface area (Å²) in [6.07, 6.45) is 0. The van der Waals surface area contributed by atoms with Crippen LogP contribution in [0.25, 0.3) is 0 Å². The van der Waals surface area contributed by atoms with Gasteiger partial charge in [0.1, 0.15) is 0 Å². The Morgan fingerprint density at radius 2 is 2.00 bits per heavy atom. The lowest BCUT2D eigenvalue weighted by atomic mass is 9.99. The van der Waals surface area contributed by atoms with Crippen LogP contribution in [-0.4, -0.2) is 11.5 Å². The number of phosphoric acid groups is 1. The van der Waals surface area contributed by atoms with Crippen LogP contribution in [0.3, 0.4) is 0 Å². The Kier molecular flexibility index (Phi) is 4.02. The van der Waals surface area contributed by atoms with E-state index in [1.807, 2.05) is 20.8 Å². The molecular weight excluding hydrogens is 190 g/mol. The van der Waals surface area contributed by atoms with E-state index in [1.54, 1.807) is 0 Å². The van der Waals surface area contributed by atoms with Crippen molar-refractivity contribution in [3.05, 3.63) is 0 Å². The minimum absolute atomic E-state index is 0.119. The quantitative estimate of drug-likeness (QED) is 0.714. The molecular formula is C5H12ClO4P. The zero-order chi connectivity index (χ0) is 9.12. The zero-order valence-electron chi connectivity index (χ0n) is 6.70. The van der Waals surface area contributed by atoms with Gasteiger partial charge in [0.15, 0.2) is 0 Å². The summed E-state index contributed by atoms with van der Waals surface area (Å²) in [5.74, 6) is 0. The van der Waals surface area contributed by atoms with E-state index >= 15 is 0 Å². The largest absolute Gasteiger partial charge is 0.488 e. The minimum atomic E-state index is -4.00. The second-order valence-electron chi connectivity index (χ2n) is 3.37. The summed E-state index contributed by atoms with van der Waals surface area (Å²) < 4.78 is 18.8. The zero-order valence-corrected chi connectivity index (χ0v) is 8.35. The Labute approximate surface area is 71.2 Å². The first kappa shape index (κ1) is 11.4. The fraction of sp³-hybridized carbons (Fsp3) is 1.00. The molecule has 6 heteroatoms. The van der Waals surface area contributed by atoms with Crippen molar-refractivity contribution in [1.29, 1.82) is 0 Å². The second kappa shape index (κ2) is 3.87. The second-order valence-corrected chi connectivity index (χ2v) is 5.12. The van der Waals surface area contributed by atoms with Crippen molar-refractivity contribution in [3.8, 4) is 0 Å². The maximum absolute atomic E-state index is 10.6. The summed E-state index contributed by atoms with van der Waals surface area (Å²) in [6.45, 7) is 5.71. The smallest absolute Gasteiger partial charge is 0.302 e.